The van der Waals surface area contributed by atoms with Crippen LogP contribution in [0.1, 0.15) is 23.2 Å². The van der Waals surface area contributed by atoms with Gasteiger partial charge in [0.05, 0.1) is 11.7 Å². The summed E-state index contributed by atoms with van der Waals surface area (Å²) < 4.78 is 0. The molecule has 0 saturated heterocycles. The second kappa shape index (κ2) is 6.22. The van der Waals surface area contributed by atoms with Gasteiger partial charge < -0.3 is 5.32 Å². The van der Waals surface area contributed by atoms with E-state index in [0.717, 1.165) is 10.9 Å². The predicted octanol–water partition coefficient (Wildman–Crippen LogP) is 3.16. The number of fused-ring (bicyclic) bond motifs is 1. The first-order valence-corrected chi connectivity index (χ1v) is 7.03. The summed E-state index contributed by atoms with van der Waals surface area (Å²) in [6.45, 7) is 0. The number of amides is 1. The maximum absolute atomic E-state index is 11.9. The number of carbonyl (C=O) groups is 2. The maximum atomic E-state index is 11.9. The number of nitrogens with one attached hydrogen (secondary N) is 2. The highest BCUT2D eigenvalue weighted by Gasteiger charge is 2.09. The largest absolute Gasteiger partial charge is 0.326 e. The lowest BCUT2D eigenvalue weighted by molar-refractivity contribution is -0.116. The SMILES string of the molecule is O=C(CCC(=O)c1ccccc1)Nc1ccc2cn[nH]c2c1. The van der Waals surface area contributed by atoms with E-state index in [-0.39, 0.29) is 24.5 Å². The number of H-pyrrole nitrogens is 1. The molecule has 3 aromatic rings. The third-order valence-corrected chi connectivity index (χ3v) is 3.40. The van der Waals surface area contributed by atoms with Gasteiger partial charge in [-0.15, -0.1) is 0 Å². The number of benzene rings is 2. The third kappa shape index (κ3) is 3.20. The topological polar surface area (TPSA) is 74.8 Å². The summed E-state index contributed by atoms with van der Waals surface area (Å²) in [5.41, 5.74) is 2.18. The van der Waals surface area contributed by atoms with Gasteiger partial charge >= 0.3 is 0 Å². The zero-order valence-electron chi connectivity index (χ0n) is 11.9. The summed E-state index contributed by atoms with van der Waals surface area (Å²) >= 11 is 0. The fourth-order valence-electron chi connectivity index (χ4n) is 2.23. The summed E-state index contributed by atoms with van der Waals surface area (Å²) in [5.74, 6) is -0.206. The molecule has 3 rings (SSSR count). The molecular weight excluding hydrogens is 278 g/mol. The molecule has 1 heterocycles. The monoisotopic (exact) mass is 293 g/mol. The van der Waals surface area contributed by atoms with Crippen molar-refractivity contribution >= 4 is 28.3 Å². The van der Waals surface area contributed by atoms with Crippen molar-refractivity contribution in [2.75, 3.05) is 5.32 Å². The molecule has 1 aromatic heterocycles. The van der Waals surface area contributed by atoms with Crippen molar-refractivity contribution in [3.8, 4) is 0 Å². The molecule has 0 bridgehead atoms. The molecule has 1 amide bonds. The molecule has 0 spiro atoms. The number of carbonyl (C=O) groups excluding carboxylic acids is 2. The Bertz CT molecular complexity index is 809. The molecule has 0 aliphatic heterocycles. The van der Waals surface area contributed by atoms with Crippen LogP contribution >= 0.6 is 0 Å². The fraction of sp³-hybridized carbons (Fsp3) is 0.118. The highest BCUT2D eigenvalue weighted by molar-refractivity contribution is 6.00. The molecule has 0 saturated carbocycles. The predicted molar refractivity (Wildman–Crippen MR) is 84.7 cm³/mol. The summed E-state index contributed by atoms with van der Waals surface area (Å²) in [6.07, 6.45) is 2.08. The number of ketones is 1. The van der Waals surface area contributed by atoms with Crippen LogP contribution < -0.4 is 5.32 Å². The Kier molecular flexibility index (Phi) is 3.96. The minimum atomic E-state index is -0.178. The van der Waals surface area contributed by atoms with Crippen molar-refractivity contribution in [3.05, 3.63) is 60.3 Å². The average Bonchev–Trinajstić information content (AvgIpc) is 3.01. The van der Waals surface area contributed by atoms with Crippen molar-refractivity contribution in [2.45, 2.75) is 12.8 Å². The first-order valence-electron chi connectivity index (χ1n) is 7.03. The van der Waals surface area contributed by atoms with E-state index >= 15 is 0 Å². The van der Waals surface area contributed by atoms with Crippen molar-refractivity contribution in [1.82, 2.24) is 10.2 Å². The van der Waals surface area contributed by atoms with Gasteiger partial charge in [0.2, 0.25) is 5.91 Å². The summed E-state index contributed by atoms with van der Waals surface area (Å²) in [4.78, 5) is 23.9. The Morgan fingerprint density at radius 1 is 1.05 bits per heavy atom. The zero-order valence-corrected chi connectivity index (χ0v) is 11.9. The molecule has 2 aromatic carbocycles. The number of aromatic amines is 1. The highest BCUT2D eigenvalue weighted by Crippen LogP contribution is 2.17. The van der Waals surface area contributed by atoms with E-state index in [0.29, 0.717) is 11.3 Å². The Labute approximate surface area is 127 Å². The third-order valence-electron chi connectivity index (χ3n) is 3.40. The van der Waals surface area contributed by atoms with Gasteiger partial charge in [-0.1, -0.05) is 30.3 Å². The van der Waals surface area contributed by atoms with Gasteiger partial charge in [-0.2, -0.15) is 5.10 Å². The zero-order chi connectivity index (χ0) is 15.4. The smallest absolute Gasteiger partial charge is 0.224 e. The first-order chi connectivity index (χ1) is 10.7. The van der Waals surface area contributed by atoms with Crippen LogP contribution in [-0.2, 0) is 4.79 Å². The summed E-state index contributed by atoms with van der Waals surface area (Å²) in [6, 6.07) is 14.5. The molecular formula is C17H15N3O2. The van der Waals surface area contributed by atoms with E-state index in [1.165, 1.54) is 0 Å². The lowest BCUT2D eigenvalue weighted by atomic mass is 10.1. The van der Waals surface area contributed by atoms with Crippen LogP contribution in [0.3, 0.4) is 0 Å². The molecule has 22 heavy (non-hydrogen) atoms. The lowest BCUT2D eigenvalue weighted by Crippen LogP contribution is -2.13. The molecule has 2 N–H and O–H groups in total. The van der Waals surface area contributed by atoms with Gasteiger partial charge in [0.1, 0.15) is 0 Å². The van der Waals surface area contributed by atoms with Crippen LogP contribution in [0.2, 0.25) is 0 Å². The van der Waals surface area contributed by atoms with E-state index in [4.69, 9.17) is 0 Å². The standard InChI is InChI=1S/C17H15N3O2/c21-16(12-4-2-1-3-5-12)8-9-17(22)19-14-7-6-13-11-18-20-15(13)10-14/h1-7,10-11H,8-9H2,(H,18,20)(H,19,22). The van der Waals surface area contributed by atoms with Crippen molar-refractivity contribution in [1.29, 1.82) is 0 Å². The van der Waals surface area contributed by atoms with E-state index in [2.05, 4.69) is 15.5 Å². The Morgan fingerprint density at radius 3 is 2.68 bits per heavy atom. The molecule has 0 radical (unpaired) electrons. The maximum Gasteiger partial charge on any atom is 0.224 e. The van der Waals surface area contributed by atoms with Crippen LogP contribution in [0.15, 0.2) is 54.7 Å². The Balaban J connectivity index is 1.57. The molecule has 0 atom stereocenters. The highest BCUT2D eigenvalue weighted by atomic mass is 16.2. The van der Waals surface area contributed by atoms with E-state index in [1.807, 2.05) is 36.4 Å². The Morgan fingerprint density at radius 2 is 1.86 bits per heavy atom. The number of nitrogens with zero attached hydrogens (tertiary/aromatic N) is 1. The van der Waals surface area contributed by atoms with Gasteiger partial charge in [0, 0.05) is 29.5 Å². The van der Waals surface area contributed by atoms with Crippen LogP contribution in [-0.4, -0.2) is 21.9 Å². The molecule has 5 nitrogen and oxygen atoms in total. The van der Waals surface area contributed by atoms with Crippen molar-refractivity contribution in [2.24, 2.45) is 0 Å². The van der Waals surface area contributed by atoms with E-state index in [1.54, 1.807) is 18.3 Å². The molecule has 5 heteroatoms. The lowest BCUT2D eigenvalue weighted by Gasteiger charge is -2.05. The fourth-order valence-corrected chi connectivity index (χ4v) is 2.23. The van der Waals surface area contributed by atoms with Crippen LogP contribution in [0, 0.1) is 0 Å². The molecule has 0 fully saturated rings. The summed E-state index contributed by atoms with van der Waals surface area (Å²) in [7, 11) is 0. The molecule has 0 aliphatic rings. The second-order valence-corrected chi connectivity index (χ2v) is 5.01. The number of hydrogen-bond acceptors (Lipinski definition) is 3. The Hall–Kier alpha value is -2.95. The van der Waals surface area contributed by atoms with Crippen LogP contribution in [0.25, 0.3) is 10.9 Å². The van der Waals surface area contributed by atoms with Crippen LogP contribution in [0.5, 0.6) is 0 Å². The van der Waals surface area contributed by atoms with Crippen molar-refractivity contribution < 1.29 is 9.59 Å². The van der Waals surface area contributed by atoms with Gasteiger partial charge in [0.15, 0.2) is 5.78 Å². The first kappa shape index (κ1) is 14.0. The van der Waals surface area contributed by atoms with E-state index in [9.17, 15) is 9.59 Å². The average molecular weight is 293 g/mol. The van der Waals surface area contributed by atoms with Crippen LogP contribution in [0.4, 0.5) is 5.69 Å². The van der Waals surface area contributed by atoms with E-state index < -0.39 is 0 Å². The number of rotatable bonds is 5. The minimum absolute atomic E-state index is 0.0280. The number of Topliss-reactive ketones (excluding diaryl/α,β-unsaturated/α-hetero) is 1. The second-order valence-electron chi connectivity index (χ2n) is 5.01. The molecule has 110 valence electrons. The minimum Gasteiger partial charge on any atom is -0.326 e. The van der Waals surface area contributed by atoms with Gasteiger partial charge in [-0.25, -0.2) is 0 Å². The molecule has 0 unspecified atom stereocenters. The normalized spacial score (nSPS) is 10.5. The van der Waals surface area contributed by atoms with Gasteiger partial charge in [-0.05, 0) is 18.2 Å². The quantitative estimate of drug-likeness (QED) is 0.709. The number of hydrogen-bond donors (Lipinski definition) is 2. The summed E-state index contributed by atoms with van der Waals surface area (Å²) in [5, 5.41) is 10.6. The number of anilines is 1. The number of aromatic nitrogens is 2. The van der Waals surface area contributed by atoms with Gasteiger partial charge in [0.25, 0.3) is 0 Å². The van der Waals surface area contributed by atoms with Gasteiger partial charge in [-0.3, -0.25) is 14.7 Å². The van der Waals surface area contributed by atoms with Crippen molar-refractivity contribution in [3.63, 3.8) is 0 Å². The molecule has 0 aliphatic carbocycles.